The summed E-state index contributed by atoms with van der Waals surface area (Å²) in [6, 6.07) is 30.9. The zero-order valence-corrected chi connectivity index (χ0v) is 19.2. The van der Waals surface area contributed by atoms with Crippen molar-refractivity contribution in [2.75, 3.05) is 7.05 Å². The molecule has 0 N–H and O–H groups in total. The van der Waals surface area contributed by atoms with Gasteiger partial charge in [0.05, 0.1) is 12.6 Å². The molecule has 3 aromatic rings. The molecule has 1 aliphatic heterocycles. The Labute approximate surface area is 193 Å². The number of carbonyl (C=O) groups excluding carboxylic acids is 1. The number of benzene rings is 3. The van der Waals surface area contributed by atoms with Crippen molar-refractivity contribution >= 4 is 19.6 Å². The van der Waals surface area contributed by atoms with Crippen molar-refractivity contribution in [1.82, 2.24) is 4.90 Å². The van der Waals surface area contributed by atoms with Gasteiger partial charge in [0.2, 0.25) is 0 Å². The van der Waals surface area contributed by atoms with Gasteiger partial charge in [0.15, 0.2) is 12.1 Å². The molecule has 0 radical (unpaired) electrons. The summed E-state index contributed by atoms with van der Waals surface area (Å²) in [5, 5.41) is 0. The number of halogens is 6. The van der Waals surface area contributed by atoms with E-state index in [4.69, 9.17) is 0 Å². The molecule has 34 heavy (non-hydrogen) atoms. The molecule has 0 saturated heterocycles. The maximum absolute atomic E-state index is 12.8. The standard InChI is InChI=1S/C24H23N2O.F6P/c1-18(27)26-23(20-14-8-4-9-15-20)22(19-12-6-3-7-13-19)25(2)24(26)21-16-10-5-11-17-21;1-7(2,3,4,5)6/h3-17,22-23H,1-2H3;/q+1;-1/t22-,23-;/m1./s1. The van der Waals surface area contributed by atoms with Crippen molar-refractivity contribution in [2.24, 2.45) is 0 Å². The van der Waals surface area contributed by atoms with E-state index < -0.39 is 7.81 Å². The number of hydrogen-bond donors (Lipinski definition) is 0. The fourth-order valence-corrected chi connectivity index (χ4v) is 4.10. The summed E-state index contributed by atoms with van der Waals surface area (Å²) in [6.45, 7) is 1.65. The molecule has 3 nitrogen and oxygen atoms in total. The zero-order chi connectivity index (χ0) is 25.2. The van der Waals surface area contributed by atoms with Gasteiger partial charge in [-0.05, 0) is 12.1 Å². The molecule has 0 bridgehead atoms. The predicted octanol–water partition coefficient (Wildman–Crippen LogP) is 7.80. The van der Waals surface area contributed by atoms with Crippen LogP contribution >= 0.6 is 7.81 Å². The van der Waals surface area contributed by atoms with Crippen molar-refractivity contribution in [3.05, 3.63) is 108 Å². The first-order valence-corrected chi connectivity index (χ1v) is 12.3. The Morgan fingerprint density at radius 2 is 1.12 bits per heavy atom. The van der Waals surface area contributed by atoms with Crippen LogP contribution in [0.5, 0.6) is 0 Å². The molecule has 10 heteroatoms. The van der Waals surface area contributed by atoms with Gasteiger partial charge in [0, 0.05) is 18.1 Å². The van der Waals surface area contributed by atoms with Gasteiger partial charge in [-0.15, -0.1) is 0 Å². The van der Waals surface area contributed by atoms with Crippen LogP contribution in [0.15, 0.2) is 91.0 Å². The first-order valence-electron chi connectivity index (χ1n) is 10.2. The maximum atomic E-state index is 12.8. The van der Waals surface area contributed by atoms with Gasteiger partial charge in [-0.1, -0.05) is 78.9 Å². The molecular weight excluding hydrogens is 477 g/mol. The number of rotatable bonds is 3. The molecule has 0 aromatic heterocycles. The second-order valence-electron chi connectivity index (χ2n) is 7.86. The molecule has 1 aliphatic rings. The Morgan fingerprint density at radius 1 is 0.735 bits per heavy atom. The third kappa shape index (κ3) is 6.90. The predicted molar refractivity (Wildman–Crippen MR) is 121 cm³/mol. The van der Waals surface area contributed by atoms with Crippen LogP contribution in [0.3, 0.4) is 0 Å². The Bertz CT molecular complexity index is 1170. The minimum absolute atomic E-state index is 0.0488. The van der Waals surface area contributed by atoms with Gasteiger partial charge in [-0.25, -0.2) is 4.79 Å². The summed E-state index contributed by atoms with van der Waals surface area (Å²) in [7, 11) is -8.58. The van der Waals surface area contributed by atoms with E-state index in [0.717, 1.165) is 17.0 Å². The molecular formula is C24H23F6N2OP. The fourth-order valence-electron chi connectivity index (χ4n) is 4.10. The van der Waals surface area contributed by atoms with Crippen LogP contribution in [0, 0.1) is 0 Å². The van der Waals surface area contributed by atoms with E-state index in [-0.39, 0.29) is 18.0 Å². The van der Waals surface area contributed by atoms with Gasteiger partial charge >= 0.3 is 38.9 Å². The minimum atomic E-state index is -10.7. The summed E-state index contributed by atoms with van der Waals surface area (Å²) < 4.78 is 61.4. The first kappa shape index (κ1) is 25.4. The Balaban J connectivity index is 0.000000406. The van der Waals surface area contributed by atoms with Crippen LogP contribution in [-0.2, 0) is 4.79 Å². The van der Waals surface area contributed by atoms with E-state index in [2.05, 4.69) is 60.2 Å². The molecule has 0 saturated carbocycles. The third-order valence-corrected chi connectivity index (χ3v) is 5.21. The topological polar surface area (TPSA) is 23.3 Å². The summed E-state index contributed by atoms with van der Waals surface area (Å²) in [5.41, 5.74) is 3.39. The molecule has 1 heterocycles. The summed E-state index contributed by atoms with van der Waals surface area (Å²) in [6.07, 6.45) is 0. The number of amides is 1. The van der Waals surface area contributed by atoms with Crippen molar-refractivity contribution in [3.8, 4) is 0 Å². The van der Waals surface area contributed by atoms with Crippen molar-refractivity contribution < 1.29 is 34.6 Å². The number of hydrogen-bond acceptors (Lipinski definition) is 1. The van der Waals surface area contributed by atoms with E-state index in [1.165, 1.54) is 5.56 Å². The second kappa shape index (κ2) is 8.55. The van der Waals surface area contributed by atoms with Crippen molar-refractivity contribution in [3.63, 3.8) is 0 Å². The van der Waals surface area contributed by atoms with Crippen molar-refractivity contribution in [2.45, 2.75) is 19.0 Å². The first-order chi connectivity index (χ1) is 15.6. The molecule has 0 unspecified atom stereocenters. The molecule has 2 atom stereocenters. The summed E-state index contributed by atoms with van der Waals surface area (Å²) in [5.74, 6) is 0.999. The SMILES string of the molecule is CC(=O)N1C(c2ccccc2)=[N+](C)[C@H](c2ccccc2)[C@H]1c1ccccc1.F[P-](F)(F)(F)(F)F. The van der Waals surface area contributed by atoms with Gasteiger partial charge in [0.1, 0.15) is 0 Å². The van der Waals surface area contributed by atoms with Crippen LogP contribution in [0.2, 0.25) is 0 Å². The van der Waals surface area contributed by atoms with Crippen LogP contribution in [0.4, 0.5) is 25.2 Å². The molecule has 1 amide bonds. The van der Waals surface area contributed by atoms with Gasteiger partial charge in [-0.2, -0.15) is 4.90 Å². The Kier molecular flexibility index (Phi) is 6.39. The Morgan fingerprint density at radius 3 is 1.53 bits per heavy atom. The molecule has 0 aliphatic carbocycles. The van der Waals surface area contributed by atoms with Gasteiger partial charge < -0.3 is 0 Å². The third-order valence-electron chi connectivity index (χ3n) is 5.21. The zero-order valence-electron chi connectivity index (χ0n) is 18.3. The second-order valence-corrected chi connectivity index (χ2v) is 9.78. The average Bonchev–Trinajstić information content (AvgIpc) is 3.06. The van der Waals surface area contributed by atoms with E-state index >= 15 is 0 Å². The normalized spacial score (nSPS) is 20.2. The number of likely N-dealkylation sites (N-methyl/N-ethyl adjacent to an activating group) is 1. The molecule has 3 aromatic carbocycles. The van der Waals surface area contributed by atoms with Crippen molar-refractivity contribution in [1.29, 1.82) is 0 Å². The van der Waals surface area contributed by atoms with E-state index in [9.17, 15) is 30.0 Å². The molecule has 4 rings (SSSR count). The van der Waals surface area contributed by atoms with Crippen LogP contribution in [0.25, 0.3) is 0 Å². The van der Waals surface area contributed by atoms with Gasteiger partial charge in [0.25, 0.3) is 5.84 Å². The van der Waals surface area contributed by atoms with E-state index in [1.54, 1.807) is 6.92 Å². The molecule has 0 spiro atoms. The van der Waals surface area contributed by atoms with E-state index in [1.807, 2.05) is 47.4 Å². The van der Waals surface area contributed by atoms with Crippen LogP contribution in [-0.4, -0.2) is 28.3 Å². The average molecular weight is 500 g/mol. The molecule has 182 valence electrons. The van der Waals surface area contributed by atoms with E-state index in [0.29, 0.717) is 0 Å². The molecule has 0 fully saturated rings. The number of amidine groups is 1. The summed E-state index contributed by atoms with van der Waals surface area (Å²) >= 11 is 0. The quantitative estimate of drug-likeness (QED) is 0.204. The summed E-state index contributed by atoms with van der Waals surface area (Å²) in [4.78, 5) is 14.8. The fraction of sp³-hybridized carbons (Fsp3) is 0.167. The number of nitrogens with zero attached hydrogens (tertiary/aromatic N) is 2. The number of carbonyl (C=O) groups is 1. The van der Waals surface area contributed by atoms with Gasteiger partial charge in [-0.3, -0.25) is 4.58 Å². The van der Waals surface area contributed by atoms with Crippen LogP contribution in [0.1, 0.15) is 35.7 Å². The Hall–Kier alpha value is -3.19. The monoisotopic (exact) mass is 500 g/mol. The van der Waals surface area contributed by atoms with Crippen LogP contribution < -0.4 is 0 Å².